The molecule has 0 radical (unpaired) electrons. The molecule has 140 valence electrons. The van der Waals surface area contributed by atoms with Gasteiger partial charge in [0.25, 0.3) is 11.8 Å². The van der Waals surface area contributed by atoms with E-state index in [9.17, 15) is 19.2 Å². The van der Waals surface area contributed by atoms with Crippen LogP contribution in [0.3, 0.4) is 0 Å². The largest absolute Gasteiger partial charge is 0.312 e. The monoisotopic (exact) mass is 368 g/mol. The third-order valence-corrected chi connectivity index (χ3v) is 6.07. The molecule has 1 aromatic rings. The van der Waals surface area contributed by atoms with Gasteiger partial charge >= 0.3 is 0 Å². The maximum Gasteiger partial charge on any atom is 0.262 e. The van der Waals surface area contributed by atoms with Crippen molar-refractivity contribution in [2.75, 3.05) is 6.54 Å². The van der Waals surface area contributed by atoms with Gasteiger partial charge in [-0.05, 0) is 43.0 Å². The van der Waals surface area contributed by atoms with Gasteiger partial charge in [-0.1, -0.05) is 6.07 Å². The summed E-state index contributed by atoms with van der Waals surface area (Å²) in [5.74, 6) is -1.19. The highest BCUT2D eigenvalue weighted by molar-refractivity contribution is 6.23. The van der Waals surface area contributed by atoms with Crippen LogP contribution in [0, 0.1) is 5.92 Å². The molecule has 1 aromatic carbocycles. The Morgan fingerprint density at radius 1 is 1.07 bits per heavy atom. The van der Waals surface area contributed by atoms with Crippen molar-refractivity contribution >= 4 is 23.6 Å². The van der Waals surface area contributed by atoms with Gasteiger partial charge in [-0.3, -0.25) is 29.4 Å². The van der Waals surface area contributed by atoms with Gasteiger partial charge in [0.15, 0.2) is 0 Å². The first-order chi connectivity index (χ1) is 13.0. The summed E-state index contributed by atoms with van der Waals surface area (Å²) in [6, 6.07) is 5.35. The lowest BCUT2D eigenvalue weighted by Crippen LogP contribution is -2.54. The average molecular weight is 368 g/mol. The normalized spacial score (nSPS) is 31.8. The molecule has 5 rings (SSSR count). The predicted molar refractivity (Wildman–Crippen MR) is 93.6 cm³/mol. The van der Waals surface area contributed by atoms with Crippen LogP contribution in [0.25, 0.3) is 0 Å². The minimum absolute atomic E-state index is 0.122. The van der Waals surface area contributed by atoms with Crippen molar-refractivity contribution < 1.29 is 19.2 Å². The maximum absolute atomic E-state index is 12.8. The van der Waals surface area contributed by atoms with E-state index in [1.807, 2.05) is 6.07 Å². The van der Waals surface area contributed by atoms with Crippen molar-refractivity contribution in [3.05, 3.63) is 34.9 Å². The van der Waals surface area contributed by atoms with Crippen LogP contribution in [0.5, 0.6) is 0 Å². The van der Waals surface area contributed by atoms with Crippen molar-refractivity contribution in [2.24, 2.45) is 5.92 Å². The third kappa shape index (κ3) is 2.59. The Bertz CT molecular complexity index is 872. The summed E-state index contributed by atoms with van der Waals surface area (Å²) in [6.07, 6.45) is 1.49. The number of nitrogens with one attached hydrogen (secondary N) is 3. The van der Waals surface area contributed by atoms with Crippen LogP contribution < -0.4 is 16.0 Å². The zero-order valence-corrected chi connectivity index (χ0v) is 14.7. The molecule has 3 fully saturated rings. The molecular weight excluding hydrogens is 348 g/mol. The second-order valence-corrected chi connectivity index (χ2v) is 7.67. The average Bonchev–Trinajstić information content (AvgIpc) is 2.97. The number of benzene rings is 1. The SMILES string of the molecule is O=C1CCC(N2C(=O)c3ccc(CN[C@@H]4[C@H]5CCN[C@H]54)cc3C2=O)C(=O)N1. The fourth-order valence-electron chi connectivity index (χ4n) is 4.57. The highest BCUT2D eigenvalue weighted by Gasteiger charge is 2.52. The molecule has 4 atom stereocenters. The molecule has 3 heterocycles. The molecule has 0 spiro atoms. The van der Waals surface area contributed by atoms with E-state index in [2.05, 4.69) is 16.0 Å². The molecule has 3 N–H and O–H groups in total. The number of carbonyl (C=O) groups excluding carboxylic acids is 4. The van der Waals surface area contributed by atoms with Gasteiger partial charge in [0.05, 0.1) is 11.1 Å². The van der Waals surface area contributed by atoms with Crippen LogP contribution in [-0.2, 0) is 16.1 Å². The smallest absolute Gasteiger partial charge is 0.262 e. The molecule has 0 bridgehead atoms. The molecule has 8 nitrogen and oxygen atoms in total. The molecular formula is C19H20N4O4. The number of amides is 4. The minimum Gasteiger partial charge on any atom is -0.312 e. The van der Waals surface area contributed by atoms with Gasteiger partial charge in [-0.2, -0.15) is 0 Å². The molecule has 27 heavy (non-hydrogen) atoms. The fraction of sp³-hybridized carbons (Fsp3) is 0.474. The standard InChI is InChI=1S/C19H20N4O4/c24-14-4-3-13(17(25)22-14)23-18(26)10-2-1-9(7-12(10)19(23)27)8-21-16-11-5-6-20-15(11)16/h1-2,7,11,13,15-16,20-21H,3-6,8H2,(H,22,24,25)/t11-,13?,15+,16+/m0/s1. The van der Waals surface area contributed by atoms with E-state index in [1.54, 1.807) is 12.1 Å². The Morgan fingerprint density at radius 3 is 2.63 bits per heavy atom. The van der Waals surface area contributed by atoms with Crippen molar-refractivity contribution in [1.29, 1.82) is 0 Å². The van der Waals surface area contributed by atoms with Crippen LogP contribution in [0.2, 0.25) is 0 Å². The Morgan fingerprint density at radius 2 is 1.89 bits per heavy atom. The Hall–Kier alpha value is -2.58. The van der Waals surface area contributed by atoms with Crippen molar-refractivity contribution in [3.8, 4) is 0 Å². The van der Waals surface area contributed by atoms with Gasteiger partial charge in [-0.25, -0.2) is 0 Å². The second kappa shape index (κ2) is 5.97. The number of hydrogen-bond donors (Lipinski definition) is 3. The van der Waals surface area contributed by atoms with E-state index in [4.69, 9.17) is 0 Å². The summed E-state index contributed by atoms with van der Waals surface area (Å²) in [4.78, 5) is 49.9. The molecule has 3 aliphatic heterocycles. The highest BCUT2D eigenvalue weighted by atomic mass is 16.2. The molecule has 1 aliphatic carbocycles. The summed E-state index contributed by atoms with van der Waals surface area (Å²) in [7, 11) is 0. The first-order valence-electron chi connectivity index (χ1n) is 9.36. The fourth-order valence-corrected chi connectivity index (χ4v) is 4.57. The zero-order chi connectivity index (χ0) is 18.7. The zero-order valence-electron chi connectivity index (χ0n) is 14.7. The quantitative estimate of drug-likeness (QED) is 0.621. The Labute approximate surface area is 155 Å². The maximum atomic E-state index is 12.8. The molecule has 4 amide bonds. The molecule has 8 heteroatoms. The molecule has 2 saturated heterocycles. The van der Waals surface area contributed by atoms with Crippen LogP contribution >= 0.6 is 0 Å². The first-order valence-corrected chi connectivity index (χ1v) is 9.36. The highest BCUT2D eigenvalue weighted by Crippen LogP contribution is 2.38. The molecule has 1 saturated carbocycles. The minimum atomic E-state index is -0.923. The van der Waals surface area contributed by atoms with Gasteiger partial charge < -0.3 is 10.6 Å². The van der Waals surface area contributed by atoms with Gasteiger partial charge in [0.2, 0.25) is 11.8 Å². The number of imide groups is 2. The number of carbonyl (C=O) groups is 4. The second-order valence-electron chi connectivity index (χ2n) is 7.67. The van der Waals surface area contributed by atoms with E-state index in [0.29, 0.717) is 35.7 Å². The van der Waals surface area contributed by atoms with Crippen molar-refractivity contribution in [3.63, 3.8) is 0 Å². The third-order valence-electron chi connectivity index (χ3n) is 6.07. The molecule has 0 aromatic heterocycles. The lowest BCUT2D eigenvalue weighted by molar-refractivity contribution is -0.136. The van der Waals surface area contributed by atoms with Gasteiger partial charge in [0.1, 0.15) is 6.04 Å². The number of hydrogen-bond acceptors (Lipinski definition) is 6. The van der Waals surface area contributed by atoms with Gasteiger partial charge in [-0.15, -0.1) is 0 Å². The van der Waals surface area contributed by atoms with E-state index in [1.165, 1.54) is 6.42 Å². The summed E-state index contributed by atoms with van der Waals surface area (Å²) >= 11 is 0. The van der Waals surface area contributed by atoms with Gasteiger partial charge in [0, 0.05) is 25.0 Å². The Kier molecular flexibility index (Phi) is 3.66. The summed E-state index contributed by atoms with van der Waals surface area (Å²) in [6.45, 7) is 1.71. The van der Waals surface area contributed by atoms with Crippen molar-refractivity contribution in [1.82, 2.24) is 20.9 Å². The number of nitrogens with zero attached hydrogens (tertiary/aromatic N) is 1. The van der Waals surface area contributed by atoms with Crippen molar-refractivity contribution in [2.45, 2.75) is 43.9 Å². The van der Waals surface area contributed by atoms with Crippen LogP contribution in [0.15, 0.2) is 18.2 Å². The first kappa shape index (κ1) is 16.6. The number of fused-ring (bicyclic) bond motifs is 2. The van der Waals surface area contributed by atoms with E-state index in [0.717, 1.165) is 17.0 Å². The lowest BCUT2D eigenvalue weighted by atomic mass is 10.0. The van der Waals surface area contributed by atoms with E-state index >= 15 is 0 Å². The summed E-state index contributed by atoms with van der Waals surface area (Å²) in [5.41, 5.74) is 1.58. The number of piperidine rings is 2. The van der Waals surface area contributed by atoms with Crippen LogP contribution in [0.4, 0.5) is 0 Å². The van der Waals surface area contributed by atoms with Crippen LogP contribution in [-0.4, -0.2) is 53.2 Å². The van der Waals surface area contributed by atoms with E-state index < -0.39 is 23.8 Å². The van der Waals surface area contributed by atoms with E-state index in [-0.39, 0.29) is 18.7 Å². The lowest BCUT2D eigenvalue weighted by Gasteiger charge is -2.27. The Balaban J connectivity index is 1.32. The molecule has 4 aliphatic rings. The summed E-state index contributed by atoms with van der Waals surface area (Å²) < 4.78 is 0. The van der Waals surface area contributed by atoms with Crippen LogP contribution in [0.1, 0.15) is 45.5 Å². The predicted octanol–water partition coefficient (Wildman–Crippen LogP) is -0.462. The topological polar surface area (TPSA) is 108 Å². The summed E-state index contributed by atoms with van der Waals surface area (Å²) in [5, 5.41) is 9.16. The molecule has 1 unspecified atom stereocenters. The number of rotatable bonds is 4.